The van der Waals surface area contributed by atoms with Crippen molar-refractivity contribution in [2.75, 3.05) is 26.1 Å². The number of rotatable bonds is 8. The zero-order chi connectivity index (χ0) is 19.7. The smallest absolute Gasteiger partial charge is 0.264 e. The first-order valence-electron chi connectivity index (χ1n) is 10.5. The molecular formula is C21H36O5S. The summed E-state index contributed by atoms with van der Waals surface area (Å²) in [6.45, 7) is 8.39. The largest absolute Gasteiger partial charge is 0.344 e. The summed E-state index contributed by atoms with van der Waals surface area (Å²) >= 11 is 0. The molecule has 0 aromatic rings. The fraction of sp³-hybridized carbons (Fsp3) is 0.905. The highest BCUT2D eigenvalue weighted by Crippen LogP contribution is 2.58. The summed E-state index contributed by atoms with van der Waals surface area (Å²) in [4.78, 5) is 0. The standard InChI is InChI=1S/C21H36O5S/c1-16(2)6-5-7-17(3)19-9-8-18-14-21(24-12-13-25-21)11-10-20(18,19)15-26-27(4,22)23/h14,16-17,19H,5-13,15H2,1-4H3/t17-,19-,20-/m0/s1. The second-order valence-corrected chi connectivity index (χ2v) is 10.9. The number of fused-ring (bicyclic) bond motifs is 1. The van der Waals surface area contributed by atoms with Crippen molar-refractivity contribution in [2.45, 2.75) is 71.5 Å². The Hall–Kier alpha value is -0.430. The van der Waals surface area contributed by atoms with Crippen LogP contribution in [-0.2, 0) is 23.8 Å². The Bertz CT molecular complexity index is 647. The fourth-order valence-corrected chi connectivity index (χ4v) is 5.86. The lowest BCUT2D eigenvalue weighted by Crippen LogP contribution is -2.44. The van der Waals surface area contributed by atoms with E-state index >= 15 is 0 Å². The average molecular weight is 401 g/mol. The summed E-state index contributed by atoms with van der Waals surface area (Å²) < 4.78 is 40.7. The summed E-state index contributed by atoms with van der Waals surface area (Å²) in [5, 5.41) is 0. The zero-order valence-corrected chi connectivity index (χ0v) is 18.1. The summed E-state index contributed by atoms with van der Waals surface area (Å²) in [6, 6.07) is 0. The lowest BCUT2D eigenvalue weighted by molar-refractivity contribution is -0.137. The Balaban J connectivity index is 1.81. The number of ether oxygens (including phenoxy) is 2. The molecule has 0 bridgehead atoms. The van der Waals surface area contributed by atoms with Gasteiger partial charge in [0, 0.05) is 11.8 Å². The van der Waals surface area contributed by atoms with Crippen molar-refractivity contribution in [2.24, 2.45) is 23.2 Å². The van der Waals surface area contributed by atoms with E-state index in [0.717, 1.165) is 37.9 Å². The first-order chi connectivity index (χ1) is 12.7. The van der Waals surface area contributed by atoms with Gasteiger partial charge in [-0.25, -0.2) is 0 Å². The normalized spacial score (nSPS) is 31.3. The molecule has 0 N–H and O–H groups in total. The second kappa shape index (κ2) is 8.13. The number of hydrogen-bond donors (Lipinski definition) is 0. The van der Waals surface area contributed by atoms with Crippen LogP contribution in [0.15, 0.2) is 11.6 Å². The van der Waals surface area contributed by atoms with E-state index in [2.05, 4.69) is 26.8 Å². The van der Waals surface area contributed by atoms with Crippen LogP contribution in [0.5, 0.6) is 0 Å². The van der Waals surface area contributed by atoms with Crippen LogP contribution in [-0.4, -0.2) is 40.3 Å². The Morgan fingerprint density at radius 2 is 1.89 bits per heavy atom. The minimum Gasteiger partial charge on any atom is -0.344 e. The Labute approximate surface area is 165 Å². The molecule has 0 amide bonds. The molecule has 1 aliphatic heterocycles. The summed E-state index contributed by atoms with van der Waals surface area (Å²) in [6.07, 6.45) is 10.7. The quantitative estimate of drug-likeness (QED) is 0.449. The minimum atomic E-state index is -3.46. The molecule has 0 unspecified atom stereocenters. The van der Waals surface area contributed by atoms with Crippen molar-refractivity contribution in [3.8, 4) is 0 Å². The van der Waals surface area contributed by atoms with Crippen LogP contribution < -0.4 is 0 Å². The van der Waals surface area contributed by atoms with Gasteiger partial charge < -0.3 is 9.47 Å². The molecule has 1 spiro atoms. The minimum absolute atomic E-state index is 0.194. The lowest BCUT2D eigenvalue weighted by Gasteiger charge is -2.45. The first-order valence-corrected chi connectivity index (χ1v) is 12.3. The van der Waals surface area contributed by atoms with Crippen LogP contribution in [0.3, 0.4) is 0 Å². The van der Waals surface area contributed by atoms with E-state index in [-0.39, 0.29) is 12.0 Å². The van der Waals surface area contributed by atoms with Crippen molar-refractivity contribution in [3.63, 3.8) is 0 Å². The molecule has 27 heavy (non-hydrogen) atoms. The predicted octanol–water partition coefficient (Wildman–Crippen LogP) is 4.28. The molecule has 6 heteroatoms. The zero-order valence-electron chi connectivity index (χ0n) is 17.3. The maximum atomic E-state index is 11.7. The molecule has 0 aromatic heterocycles. The van der Waals surface area contributed by atoms with Gasteiger partial charge in [-0.2, -0.15) is 8.42 Å². The van der Waals surface area contributed by atoms with Gasteiger partial charge >= 0.3 is 0 Å². The lowest BCUT2D eigenvalue weighted by atomic mass is 9.64. The van der Waals surface area contributed by atoms with E-state index in [1.807, 2.05) is 0 Å². The van der Waals surface area contributed by atoms with Gasteiger partial charge in [-0.05, 0) is 43.1 Å². The van der Waals surface area contributed by atoms with Crippen LogP contribution >= 0.6 is 0 Å². The third-order valence-electron chi connectivity index (χ3n) is 6.82. The van der Waals surface area contributed by atoms with Crippen molar-refractivity contribution in [1.82, 2.24) is 0 Å². The third kappa shape index (κ3) is 4.77. The molecule has 3 rings (SSSR count). The SMILES string of the molecule is CC(C)CCC[C@H](C)[C@@H]1CCC2=CC3(CC[C@]21COS(C)(=O)=O)OCCO3. The van der Waals surface area contributed by atoms with E-state index in [4.69, 9.17) is 13.7 Å². The van der Waals surface area contributed by atoms with Crippen LogP contribution in [0.2, 0.25) is 0 Å². The van der Waals surface area contributed by atoms with Gasteiger partial charge in [-0.3, -0.25) is 4.18 Å². The maximum absolute atomic E-state index is 11.7. The van der Waals surface area contributed by atoms with Gasteiger partial charge in [-0.1, -0.05) is 45.6 Å². The summed E-state index contributed by atoms with van der Waals surface area (Å²) in [7, 11) is -3.46. The summed E-state index contributed by atoms with van der Waals surface area (Å²) in [5.41, 5.74) is 1.10. The molecule has 1 saturated heterocycles. The molecule has 0 aromatic carbocycles. The van der Waals surface area contributed by atoms with Crippen LogP contribution in [0, 0.1) is 23.2 Å². The Morgan fingerprint density at radius 3 is 2.52 bits per heavy atom. The molecule has 2 fully saturated rings. The topological polar surface area (TPSA) is 61.8 Å². The predicted molar refractivity (Wildman–Crippen MR) is 106 cm³/mol. The highest BCUT2D eigenvalue weighted by atomic mass is 32.2. The van der Waals surface area contributed by atoms with E-state index in [1.54, 1.807) is 0 Å². The van der Waals surface area contributed by atoms with Crippen LogP contribution in [0.25, 0.3) is 0 Å². The third-order valence-corrected chi connectivity index (χ3v) is 7.37. The molecule has 3 aliphatic rings. The Kier molecular flexibility index (Phi) is 6.41. The monoisotopic (exact) mass is 400 g/mol. The van der Waals surface area contributed by atoms with Crippen LogP contribution in [0.1, 0.15) is 65.7 Å². The van der Waals surface area contributed by atoms with E-state index < -0.39 is 15.9 Å². The highest BCUT2D eigenvalue weighted by Gasteiger charge is 2.54. The average Bonchev–Trinajstić information content (AvgIpc) is 3.17. The molecular weight excluding hydrogens is 364 g/mol. The van der Waals surface area contributed by atoms with E-state index in [0.29, 0.717) is 25.0 Å². The first kappa shape index (κ1) is 21.3. The van der Waals surface area contributed by atoms with E-state index in [9.17, 15) is 8.42 Å². The van der Waals surface area contributed by atoms with Crippen molar-refractivity contribution < 1.29 is 22.1 Å². The van der Waals surface area contributed by atoms with Gasteiger partial charge in [0.15, 0.2) is 5.79 Å². The van der Waals surface area contributed by atoms with Gasteiger partial charge in [0.05, 0.1) is 26.1 Å². The molecule has 3 atom stereocenters. The second-order valence-electron chi connectivity index (χ2n) is 9.25. The van der Waals surface area contributed by atoms with Crippen molar-refractivity contribution in [3.05, 3.63) is 11.6 Å². The van der Waals surface area contributed by atoms with Crippen molar-refractivity contribution >= 4 is 10.1 Å². The molecule has 1 heterocycles. The molecule has 1 saturated carbocycles. The van der Waals surface area contributed by atoms with Gasteiger partial charge in [0.1, 0.15) is 0 Å². The maximum Gasteiger partial charge on any atom is 0.264 e. The van der Waals surface area contributed by atoms with Gasteiger partial charge in [0.25, 0.3) is 10.1 Å². The fourth-order valence-electron chi connectivity index (χ4n) is 5.43. The highest BCUT2D eigenvalue weighted by molar-refractivity contribution is 7.85. The number of hydrogen-bond acceptors (Lipinski definition) is 5. The molecule has 2 aliphatic carbocycles. The van der Waals surface area contributed by atoms with Crippen molar-refractivity contribution in [1.29, 1.82) is 0 Å². The van der Waals surface area contributed by atoms with Crippen LogP contribution in [0.4, 0.5) is 0 Å². The van der Waals surface area contributed by atoms with Gasteiger partial charge in [-0.15, -0.1) is 0 Å². The van der Waals surface area contributed by atoms with E-state index in [1.165, 1.54) is 24.8 Å². The molecule has 156 valence electrons. The summed E-state index contributed by atoms with van der Waals surface area (Å²) in [5.74, 6) is 1.15. The Morgan fingerprint density at radius 1 is 1.19 bits per heavy atom. The molecule has 0 radical (unpaired) electrons. The van der Waals surface area contributed by atoms with Gasteiger partial charge in [0.2, 0.25) is 0 Å². The molecule has 5 nitrogen and oxygen atoms in total.